The van der Waals surface area contributed by atoms with Crippen molar-refractivity contribution in [2.24, 2.45) is 0 Å². The number of aromatic nitrogens is 3. The maximum Gasteiger partial charge on any atom is 0.249 e. The number of nitrogens with zero attached hydrogens (tertiary/aromatic N) is 4. The van der Waals surface area contributed by atoms with Crippen LogP contribution in [0, 0.1) is 0 Å². The second kappa shape index (κ2) is 11.4. The van der Waals surface area contributed by atoms with Crippen LogP contribution < -0.4 is 24.4 Å². The maximum absolute atomic E-state index is 14.1. The van der Waals surface area contributed by atoms with Gasteiger partial charge >= 0.3 is 0 Å². The first-order chi connectivity index (χ1) is 18.7. The molecule has 1 N–H and O–H groups in total. The number of hydrogen-bond acceptors (Lipinski definition) is 7. The van der Waals surface area contributed by atoms with Gasteiger partial charge in [0.1, 0.15) is 18.1 Å². The fourth-order valence-corrected chi connectivity index (χ4v) is 4.38. The Kier molecular flexibility index (Phi) is 8.04. The minimum absolute atomic E-state index is 0.140. The number of benzene rings is 3. The van der Waals surface area contributed by atoms with Gasteiger partial charge in [0.05, 0.1) is 26.8 Å². The van der Waals surface area contributed by atoms with E-state index in [1.807, 2.05) is 63.2 Å². The van der Waals surface area contributed by atoms with E-state index in [0.717, 1.165) is 0 Å². The van der Waals surface area contributed by atoms with Crippen LogP contribution in [0.5, 0.6) is 17.2 Å². The Morgan fingerprint density at radius 3 is 2.13 bits per heavy atom. The molecule has 1 heterocycles. The van der Waals surface area contributed by atoms with Crippen molar-refractivity contribution in [1.29, 1.82) is 0 Å². The number of ether oxygens (including phenoxy) is 3. The van der Waals surface area contributed by atoms with E-state index >= 15 is 0 Å². The van der Waals surface area contributed by atoms with E-state index in [4.69, 9.17) is 14.2 Å². The van der Waals surface area contributed by atoms with Gasteiger partial charge < -0.3 is 19.5 Å². The zero-order chi connectivity index (χ0) is 28.2. The molecule has 4 aromatic rings. The van der Waals surface area contributed by atoms with Gasteiger partial charge in [0, 0.05) is 11.2 Å². The largest absolute Gasteiger partial charge is 0.493 e. The van der Waals surface area contributed by atoms with Crippen molar-refractivity contribution < 1.29 is 23.8 Å². The van der Waals surface area contributed by atoms with E-state index in [0.29, 0.717) is 39.5 Å². The summed E-state index contributed by atoms with van der Waals surface area (Å²) < 4.78 is 18.2. The van der Waals surface area contributed by atoms with Crippen LogP contribution in [-0.4, -0.2) is 53.7 Å². The van der Waals surface area contributed by atoms with Crippen molar-refractivity contribution in [1.82, 2.24) is 20.3 Å². The number of rotatable bonds is 9. The highest BCUT2D eigenvalue weighted by Crippen LogP contribution is 2.41. The molecule has 10 heteroatoms. The summed E-state index contributed by atoms with van der Waals surface area (Å²) in [6.45, 7) is 5.51. The van der Waals surface area contributed by atoms with E-state index in [9.17, 15) is 9.59 Å². The summed E-state index contributed by atoms with van der Waals surface area (Å²) in [4.78, 5) is 29.6. The number of hydrogen-bond donors (Lipinski definition) is 1. The summed E-state index contributed by atoms with van der Waals surface area (Å²) in [5.74, 6) is 0.369. The molecule has 4 rings (SSSR count). The lowest BCUT2D eigenvalue weighted by molar-refractivity contribution is -0.128. The van der Waals surface area contributed by atoms with Gasteiger partial charge in [0.25, 0.3) is 0 Å². The molecule has 0 fully saturated rings. The van der Waals surface area contributed by atoms with E-state index in [1.54, 1.807) is 24.3 Å². The molecular formula is C29H33N5O5. The third-order valence-electron chi connectivity index (χ3n) is 6.02. The molecule has 0 radical (unpaired) electrons. The van der Waals surface area contributed by atoms with Gasteiger partial charge in [-0.15, -0.1) is 5.10 Å². The normalized spacial score (nSPS) is 12.1. The van der Waals surface area contributed by atoms with Gasteiger partial charge in [-0.1, -0.05) is 35.5 Å². The second-order valence-electron chi connectivity index (χ2n) is 9.94. The van der Waals surface area contributed by atoms with E-state index in [1.165, 1.54) is 30.9 Å². The average Bonchev–Trinajstić information content (AvgIpc) is 3.32. The molecule has 0 aliphatic rings. The Morgan fingerprint density at radius 1 is 0.923 bits per heavy atom. The fraction of sp³-hybridized carbons (Fsp3) is 0.310. The number of amides is 2. The molecule has 0 aliphatic heterocycles. The van der Waals surface area contributed by atoms with E-state index in [-0.39, 0.29) is 18.4 Å². The zero-order valence-electron chi connectivity index (χ0n) is 23.0. The Bertz CT molecular complexity index is 1440. The number of carbonyl (C=O) groups is 2. The fourth-order valence-electron chi connectivity index (χ4n) is 4.38. The van der Waals surface area contributed by atoms with Crippen molar-refractivity contribution in [2.75, 3.05) is 26.2 Å². The molecule has 1 aromatic heterocycles. The minimum Gasteiger partial charge on any atom is -0.493 e. The maximum atomic E-state index is 14.1. The number of para-hydroxylation sites is 2. The molecular weight excluding hydrogens is 498 g/mol. The Hall–Kier alpha value is -4.60. The van der Waals surface area contributed by atoms with Crippen LogP contribution in [0.2, 0.25) is 0 Å². The minimum atomic E-state index is -1.08. The van der Waals surface area contributed by atoms with Crippen molar-refractivity contribution in [3.8, 4) is 17.2 Å². The first kappa shape index (κ1) is 27.4. The highest BCUT2D eigenvalue weighted by Gasteiger charge is 2.36. The SMILES string of the molecule is COc1cc(C(C(=O)NC(C)(C)C)N(C(=O)Cn2nnc3ccccc32)c2ccccc2)cc(OC)c1OC. The smallest absolute Gasteiger partial charge is 0.249 e. The van der Waals surface area contributed by atoms with Crippen LogP contribution in [-0.2, 0) is 16.1 Å². The number of fused-ring (bicyclic) bond motifs is 1. The number of carbonyl (C=O) groups excluding carboxylic acids is 2. The lowest BCUT2D eigenvalue weighted by Crippen LogP contribution is -2.50. The number of nitrogens with one attached hydrogen (secondary N) is 1. The zero-order valence-corrected chi connectivity index (χ0v) is 23.0. The van der Waals surface area contributed by atoms with Crippen molar-refractivity contribution >= 4 is 28.5 Å². The average molecular weight is 532 g/mol. The molecule has 39 heavy (non-hydrogen) atoms. The summed E-state index contributed by atoms with van der Waals surface area (Å²) in [7, 11) is 4.51. The van der Waals surface area contributed by atoms with Gasteiger partial charge in [-0.25, -0.2) is 4.68 Å². The van der Waals surface area contributed by atoms with Gasteiger partial charge in [0.2, 0.25) is 17.6 Å². The Balaban J connectivity index is 1.89. The molecule has 1 atom stereocenters. The van der Waals surface area contributed by atoms with E-state index < -0.39 is 11.6 Å². The van der Waals surface area contributed by atoms with Crippen LogP contribution in [0.1, 0.15) is 32.4 Å². The first-order valence-electron chi connectivity index (χ1n) is 12.4. The molecule has 0 saturated carbocycles. The summed E-state index contributed by atoms with van der Waals surface area (Å²) in [5, 5.41) is 11.4. The third kappa shape index (κ3) is 5.95. The van der Waals surface area contributed by atoms with Gasteiger partial charge in [-0.05, 0) is 62.7 Å². The van der Waals surface area contributed by atoms with Crippen molar-refractivity contribution in [3.05, 3.63) is 72.3 Å². The molecule has 0 spiro atoms. The van der Waals surface area contributed by atoms with Gasteiger partial charge in [0.15, 0.2) is 11.5 Å². The molecule has 0 aliphatic carbocycles. The molecule has 1 unspecified atom stereocenters. The topological polar surface area (TPSA) is 108 Å². The van der Waals surface area contributed by atoms with Crippen molar-refractivity contribution in [2.45, 2.75) is 38.9 Å². The summed E-state index contributed by atoms with van der Waals surface area (Å²) in [5.41, 5.74) is 1.83. The Morgan fingerprint density at radius 2 is 1.54 bits per heavy atom. The van der Waals surface area contributed by atoms with Crippen LogP contribution >= 0.6 is 0 Å². The molecule has 3 aromatic carbocycles. The predicted molar refractivity (Wildman–Crippen MR) is 148 cm³/mol. The van der Waals surface area contributed by atoms with Crippen LogP contribution in [0.4, 0.5) is 5.69 Å². The van der Waals surface area contributed by atoms with Gasteiger partial charge in [-0.2, -0.15) is 0 Å². The highest BCUT2D eigenvalue weighted by atomic mass is 16.5. The summed E-state index contributed by atoms with van der Waals surface area (Å²) in [6, 6.07) is 18.7. The standard InChI is InChI=1S/C29H33N5O5/c1-29(2,3)30-28(36)26(19-16-23(37-4)27(39-6)24(17-19)38-5)34(20-12-8-7-9-13-20)25(35)18-33-22-15-11-10-14-21(22)31-32-33/h7-17,26H,18H2,1-6H3,(H,30,36). The lowest BCUT2D eigenvalue weighted by Gasteiger charge is -2.34. The first-order valence-corrected chi connectivity index (χ1v) is 12.4. The molecule has 10 nitrogen and oxygen atoms in total. The van der Waals surface area contributed by atoms with Crippen LogP contribution in [0.15, 0.2) is 66.7 Å². The monoisotopic (exact) mass is 531 g/mol. The molecule has 0 saturated heterocycles. The number of anilines is 1. The quantitative estimate of drug-likeness (QED) is 0.346. The molecule has 204 valence electrons. The van der Waals surface area contributed by atoms with Crippen molar-refractivity contribution in [3.63, 3.8) is 0 Å². The molecule has 2 amide bonds. The Labute approximate surface area is 227 Å². The van der Waals surface area contributed by atoms with Crippen LogP contribution in [0.25, 0.3) is 11.0 Å². The van der Waals surface area contributed by atoms with Crippen LogP contribution in [0.3, 0.4) is 0 Å². The predicted octanol–water partition coefficient (Wildman–Crippen LogP) is 4.15. The molecule has 0 bridgehead atoms. The second-order valence-corrected chi connectivity index (χ2v) is 9.94. The number of methoxy groups -OCH3 is 3. The van der Waals surface area contributed by atoms with Gasteiger partial charge in [-0.3, -0.25) is 14.5 Å². The summed E-state index contributed by atoms with van der Waals surface area (Å²) in [6.07, 6.45) is 0. The third-order valence-corrected chi connectivity index (χ3v) is 6.02. The summed E-state index contributed by atoms with van der Waals surface area (Å²) >= 11 is 0. The highest BCUT2D eigenvalue weighted by molar-refractivity contribution is 6.01. The lowest BCUT2D eigenvalue weighted by atomic mass is 9.99. The van der Waals surface area contributed by atoms with E-state index in [2.05, 4.69) is 15.6 Å².